The molecule has 15 heavy (non-hydrogen) atoms. The van der Waals surface area contributed by atoms with Gasteiger partial charge in [-0.25, -0.2) is 0 Å². The van der Waals surface area contributed by atoms with Crippen LogP contribution < -0.4 is 0 Å². The van der Waals surface area contributed by atoms with Crippen molar-refractivity contribution in [1.29, 1.82) is 0 Å². The molecule has 1 heteroatoms. The molecule has 0 aromatic rings. The number of hydrogen-bond acceptors (Lipinski definition) is 1. The number of fused-ring (bicyclic) bond motifs is 2. The van der Waals surface area contributed by atoms with Gasteiger partial charge in [-0.1, -0.05) is 19.9 Å². The second-order valence-electron chi connectivity index (χ2n) is 5.95. The van der Waals surface area contributed by atoms with Gasteiger partial charge in [-0.15, -0.1) is 0 Å². The Bertz CT molecular complexity index is 288. The summed E-state index contributed by atoms with van der Waals surface area (Å²) in [6, 6.07) is 0. The third-order valence-corrected chi connectivity index (χ3v) is 4.79. The first-order valence-corrected chi connectivity index (χ1v) is 6.19. The number of carbonyl (C=O) groups is 1. The Kier molecular flexibility index (Phi) is 2.74. The Morgan fingerprint density at radius 1 is 1.40 bits per heavy atom. The first kappa shape index (κ1) is 10.9. The van der Waals surface area contributed by atoms with Gasteiger partial charge < -0.3 is 0 Å². The van der Waals surface area contributed by atoms with Crippen LogP contribution in [0.3, 0.4) is 0 Å². The largest absolute Gasteiger partial charge is 0.295 e. The summed E-state index contributed by atoms with van der Waals surface area (Å²) in [4.78, 5) is 10.9. The molecule has 2 bridgehead atoms. The lowest BCUT2D eigenvalue weighted by Gasteiger charge is -2.37. The molecular weight excluding hydrogens is 184 g/mol. The Balaban J connectivity index is 2.00. The van der Waals surface area contributed by atoms with E-state index in [-0.39, 0.29) is 5.78 Å². The zero-order valence-electron chi connectivity index (χ0n) is 10.1. The van der Waals surface area contributed by atoms with E-state index in [0.717, 1.165) is 24.2 Å². The van der Waals surface area contributed by atoms with E-state index in [4.69, 9.17) is 0 Å². The first-order valence-electron chi connectivity index (χ1n) is 6.19. The molecule has 84 valence electrons. The number of rotatable bonds is 3. The van der Waals surface area contributed by atoms with Gasteiger partial charge in [-0.05, 0) is 61.9 Å². The minimum absolute atomic E-state index is 0.177. The minimum Gasteiger partial charge on any atom is -0.295 e. The molecule has 0 spiro atoms. The van der Waals surface area contributed by atoms with Crippen LogP contribution in [-0.4, -0.2) is 5.78 Å². The van der Waals surface area contributed by atoms with Crippen LogP contribution in [0.2, 0.25) is 0 Å². The van der Waals surface area contributed by atoms with Gasteiger partial charge in [0.05, 0.1) is 0 Å². The van der Waals surface area contributed by atoms with Crippen LogP contribution in [0.5, 0.6) is 0 Å². The van der Waals surface area contributed by atoms with E-state index in [2.05, 4.69) is 19.9 Å². The molecule has 0 saturated heterocycles. The van der Waals surface area contributed by atoms with E-state index < -0.39 is 0 Å². The fraction of sp³-hybridized carbons (Fsp3) is 0.786. The second-order valence-corrected chi connectivity index (χ2v) is 5.95. The normalized spacial score (nSPS) is 37.7. The third kappa shape index (κ3) is 1.89. The van der Waals surface area contributed by atoms with Gasteiger partial charge in [-0.3, -0.25) is 4.79 Å². The molecule has 1 unspecified atom stereocenters. The monoisotopic (exact) mass is 206 g/mol. The van der Waals surface area contributed by atoms with Crippen LogP contribution >= 0.6 is 0 Å². The van der Waals surface area contributed by atoms with Gasteiger partial charge in [0.25, 0.3) is 0 Å². The van der Waals surface area contributed by atoms with Crippen LogP contribution in [0, 0.1) is 23.2 Å². The van der Waals surface area contributed by atoms with Gasteiger partial charge in [0.15, 0.2) is 5.78 Å². The van der Waals surface area contributed by atoms with E-state index in [0.29, 0.717) is 5.41 Å². The molecule has 0 aromatic carbocycles. The highest BCUT2D eigenvalue weighted by atomic mass is 16.1. The van der Waals surface area contributed by atoms with E-state index in [1.54, 1.807) is 13.0 Å². The summed E-state index contributed by atoms with van der Waals surface area (Å²) in [5.41, 5.74) is 0.504. The topological polar surface area (TPSA) is 17.1 Å². The summed E-state index contributed by atoms with van der Waals surface area (Å²) in [5.74, 6) is 2.86. The van der Waals surface area contributed by atoms with Crippen molar-refractivity contribution in [1.82, 2.24) is 0 Å². The summed E-state index contributed by atoms with van der Waals surface area (Å²) in [5, 5.41) is 0. The van der Waals surface area contributed by atoms with Crippen LogP contribution in [0.1, 0.15) is 46.5 Å². The summed E-state index contributed by atoms with van der Waals surface area (Å²) in [7, 11) is 0. The summed E-state index contributed by atoms with van der Waals surface area (Å²) in [6.07, 6.45) is 9.23. The predicted octanol–water partition coefficient (Wildman–Crippen LogP) is 3.59. The summed E-state index contributed by atoms with van der Waals surface area (Å²) >= 11 is 0. The zero-order chi connectivity index (χ0) is 11.1. The standard InChI is InChI=1S/C14H22O/c1-10(15)5-4-6-13-11-7-8-12(9-11)14(13,2)3/h4-5,11-13H,6-9H2,1-3H3/t11-,12+,13?/m0/s1. The lowest BCUT2D eigenvalue weighted by Crippen LogP contribution is -2.30. The van der Waals surface area contributed by atoms with E-state index in [1.165, 1.54) is 19.3 Å². The lowest BCUT2D eigenvalue weighted by molar-refractivity contribution is -0.112. The molecule has 0 heterocycles. The van der Waals surface area contributed by atoms with Crippen molar-refractivity contribution in [2.75, 3.05) is 0 Å². The zero-order valence-corrected chi connectivity index (χ0v) is 10.1. The highest BCUT2D eigenvalue weighted by Gasteiger charge is 2.51. The maximum absolute atomic E-state index is 10.9. The fourth-order valence-electron chi connectivity index (χ4n) is 3.84. The van der Waals surface area contributed by atoms with Crippen molar-refractivity contribution < 1.29 is 4.79 Å². The minimum atomic E-state index is 0.177. The van der Waals surface area contributed by atoms with Crippen LogP contribution in [-0.2, 0) is 4.79 Å². The molecule has 2 rings (SSSR count). The van der Waals surface area contributed by atoms with Crippen molar-refractivity contribution in [2.24, 2.45) is 23.2 Å². The van der Waals surface area contributed by atoms with Crippen LogP contribution in [0.15, 0.2) is 12.2 Å². The molecule has 0 N–H and O–H groups in total. The number of carbonyl (C=O) groups excluding carboxylic acids is 1. The molecule has 0 aromatic heterocycles. The Morgan fingerprint density at radius 2 is 2.13 bits per heavy atom. The number of hydrogen-bond donors (Lipinski definition) is 0. The van der Waals surface area contributed by atoms with Crippen molar-refractivity contribution in [3.05, 3.63) is 12.2 Å². The van der Waals surface area contributed by atoms with Crippen molar-refractivity contribution in [3.8, 4) is 0 Å². The van der Waals surface area contributed by atoms with Gasteiger partial charge in [0.1, 0.15) is 0 Å². The SMILES string of the molecule is CC(=O)C=CCC1[C@H]2CC[C@H](C2)C1(C)C. The molecule has 0 amide bonds. The van der Waals surface area contributed by atoms with Crippen molar-refractivity contribution >= 4 is 5.78 Å². The molecule has 2 aliphatic rings. The highest BCUT2D eigenvalue weighted by molar-refractivity contribution is 5.87. The summed E-state index contributed by atoms with van der Waals surface area (Å²) < 4.78 is 0. The lowest BCUT2D eigenvalue weighted by atomic mass is 9.67. The average Bonchev–Trinajstić information content (AvgIpc) is 2.66. The van der Waals surface area contributed by atoms with Crippen molar-refractivity contribution in [2.45, 2.75) is 46.5 Å². The second kappa shape index (κ2) is 3.77. The maximum atomic E-state index is 10.9. The highest BCUT2D eigenvalue weighted by Crippen LogP contribution is 2.60. The molecule has 2 saturated carbocycles. The summed E-state index contributed by atoms with van der Waals surface area (Å²) in [6.45, 7) is 6.47. The molecule has 2 aliphatic carbocycles. The quantitative estimate of drug-likeness (QED) is 0.645. The number of ketones is 1. The van der Waals surface area contributed by atoms with Gasteiger partial charge >= 0.3 is 0 Å². The van der Waals surface area contributed by atoms with E-state index in [9.17, 15) is 4.79 Å². The molecule has 3 atom stereocenters. The molecule has 0 radical (unpaired) electrons. The van der Waals surface area contributed by atoms with E-state index in [1.807, 2.05) is 0 Å². The molecule has 0 aliphatic heterocycles. The maximum Gasteiger partial charge on any atom is 0.152 e. The van der Waals surface area contributed by atoms with E-state index >= 15 is 0 Å². The first-order chi connectivity index (χ1) is 7.01. The van der Waals surface area contributed by atoms with Crippen LogP contribution in [0.4, 0.5) is 0 Å². The Hall–Kier alpha value is -0.590. The predicted molar refractivity (Wildman–Crippen MR) is 62.5 cm³/mol. The molecule has 2 fully saturated rings. The Morgan fingerprint density at radius 3 is 2.67 bits per heavy atom. The molecular formula is C14H22O. The fourth-order valence-corrected chi connectivity index (χ4v) is 3.84. The smallest absolute Gasteiger partial charge is 0.152 e. The molecule has 1 nitrogen and oxygen atoms in total. The Labute approximate surface area is 92.9 Å². The average molecular weight is 206 g/mol. The van der Waals surface area contributed by atoms with Crippen LogP contribution in [0.25, 0.3) is 0 Å². The van der Waals surface area contributed by atoms with Gasteiger partial charge in [-0.2, -0.15) is 0 Å². The van der Waals surface area contributed by atoms with Gasteiger partial charge in [0.2, 0.25) is 0 Å². The number of allylic oxidation sites excluding steroid dienone is 2. The third-order valence-electron chi connectivity index (χ3n) is 4.79. The van der Waals surface area contributed by atoms with Gasteiger partial charge in [0, 0.05) is 0 Å². The van der Waals surface area contributed by atoms with Crippen molar-refractivity contribution in [3.63, 3.8) is 0 Å².